The Kier molecular flexibility index (Phi) is 3.62. The van der Waals surface area contributed by atoms with E-state index in [0.717, 1.165) is 32.8 Å². The normalized spacial score (nSPS) is 11.1. The standard InChI is InChI=1S/C21H16ClNO/c1-13-12-18-20(14(2)19(13)22)23-21(24-18)17-10-8-16(9-11-17)15-6-4-3-5-7-15/h3-12H,1-2H3. The summed E-state index contributed by atoms with van der Waals surface area (Å²) >= 11 is 6.32. The molecule has 0 N–H and O–H groups in total. The molecule has 3 aromatic carbocycles. The first-order chi connectivity index (χ1) is 11.6. The predicted molar refractivity (Wildman–Crippen MR) is 99.4 cm³/mol. The molecule has 2 nitrogen and oxygen atoms in total. The summed E-state index contributed by atoms with van der Waals surface area (Å²) < 4.78 is 5.95. The van der Waals surface area contributed by atoms with Crippen LogP contribution in [-0.4, -0.2) is 4.98 Å². The molecule has 0 saturated heterocycles. The molecule has 0 saturated carbocycles. The number of fused-ring (bicyclic) bond motifs is 1. The van der Waals surface area contributed by atoms with E-state index in [4.69, 9.17) is 16.0 Å². The van der Waals surface area contributed by atoms with Crippen molar-refractivity contribution < 1.29 is 4.42 Å². The molecule has 4 rings (SSSR count). The van der Waals surface area contributed by atoms with Gasteiger partial charge in [0.15, 0.2) is 5.58 Å². The number of hydrogen-bond acceptors (Lipinski definition) is 2. The highest BCUT2D eigenvalue weighted by Gasteiger charge is 2.14. The lowest BCUT2D eigenvalue weighted by Crippen LogP contribution is -1.83. The molecule has 0 amide bonds. The lowest BCUT2D eigenvalue weighted by molar-refractivity contribution is 0.619. The molecule has 0 unspecified atom stereocenters. The second kappa shape index (κ2) is 5.81. The van der Waals surface area contributed by atoms with E-state index in [9.17, 15) is 0 Å². The lowest BCUT2D eigenvalue weighted by atomic mass is 10.0. The van der Waals surface area contributed by atoms with Gasteiger partial charge in [0.2, 0.25) is 5.89 Å². The van der Waals surface area contributed by atoms with Crippen molar-refractivity contribution >= 4 is 22.7 Å². The van der Waals surface area contributed by atoms with Gasteiger partial charge in [0.25, 0.3) is 0 Å². The maximum Gasteiger partial charge on any atom is 0.227 e. The van der Waals surface area contributed by atoms with E-state index >= 15 is 0 Å². The summed E-state index contributed by atoms with van der Waals surface area (Å²) in [4.78, 5) is 4.64. The summed E-state index contributed by atoms with van der Waals surface area (Å²) in [5, 5.41) is 0.752. The van der Waals surface area contributed by atoms with Crippen molar-refractivity contribution in [1.29, 1.82) is 0 Å². The van der Waals surface area contributed by atoms with Crippen LogP contribution in [0, 0.1) is 13.8 Å². The van der Waals surface area contributed by atoms with Crippen molar-refractivity contribution in [2.45, 2.75) is 13.8 Å². The molecule has 3 heteroatoms. The minimum Gasteiger partial charge on any atom is -0.436 e. The van der Waals surface area contributed by atoms with Crippen LogP contribution in [0.15, 0.2) is 65.1 Å². The summed E-state index contributed by atoms with van der Waals surface area (Å²) in [6.45, 7) is 3.95. The molecule has 24 heavy (non-hydrogen) atoms. The lowest BCUT2D eigenvalue weighted by Gasteiger charge is -2.02. The maximum absolute atomic E-state index is 6.32. The Morgan fingerprint density at radius 1 is 0.833 bits per heavy atom. The second-order valence-corrected chi connectivity index (χ2v) is 6.32. The van der Waals surface area contributed by atoms with Crippen LogP contribution in [0.1, 0.15) is 11.1 Å². The highest BCUT2D eigenvalue weighted by atomic mass is 35.5. The molecule has 4 aromatic rings. The molecule has 0 bridgehead atoms. The molecule has 118 valence electrons. The zero-order valence-corrected chi connectivity index (χ0v) is 14.3. The van der Waals surface area contributed by atoms with Gasteiger partial charge in [-0.2, -0.15) is 0 Å². The minimum absolute atomic E-state index is 0.620. The largest absolute Gasteiger partial charge is 0.436 e. The third-order valence-electron chi connectivity index (χ3n) is 4.27. The Morgan fingerprint density at radius 2 is 1.46 bits per heavy atom. The van der Waals surface area contributed by atoms with Crippen LogP contribution in [0.2, 0.25) is 5.02 Å². The average Bonchev–Trinajstić information content (AvgIpc) is 3.05. The van der Waals surface area contributed by atoms with Gasteiger partial charge in [-0.05, 0) is 54.3 Å². The van der Waals surface area contributed by atoms with Gasteiger partial charge in [-0.3, -0.25) is 0 Å². The fraction of sp³-hybridized carbons (Fsp3) is 0.0952. The second-order valence-electron chi connectivity index (χ2n) is 5.94. The molecule has 0 aliphatic heterocycles. The predicted octanol–water partition coefficient (Wildman–Crippen LogP) is 6.43. The first kappa shape index (κ1) is 15.0. The highest BCUT2D eigenvalue weighted by Crippen LogP contribution is 2.32. The van der Waals surface area contributed by atoms with Gasteiger partial charge in [0, 0.05) is 10.6 Å². The number of aryl methyl sites for hydroxylation is 2. The summed E-state index contributed by atoms with van der Waals surface area (Å²) in [5.74, 6) is 0.620. The van der Waals surface area contributed by atoms with Crippen molar-refractivity contribution in [3.05, 3.63) is 76.8 Å². The number of halogens is 1. The zero-order valence-electron chi connectivity index (χ0n) is 13.5. The van der Waals surface area contributed by atoms with Crippen LogP contribution in [0.25, 0.3) is 33.7 Å². The van der Waals surface area contributed by atoms with Gasteiger partial charge in [-0.15, -0.1) is 0 Å². The van der Waals surface area contributed by atoms with E-state index < -0.39 is 0 Å². The molecule has 0 aliphatic rings. The van der Waals surface area contributed by atoms with Crippen molar-refractivity contribution in [1.82, 2.24) is 4.98 Å². The van der Waals surface area contributed by atoms with Gasteiger partial charge in [0.05, 0.1) is 0 Å². The Morgan fingerprint density at radius 3 is 2.17 bits per heavy atom. The van der Waals surface area contributed by atoms with Gasteiger partial charge in [0.1, 0.15) is 5.52 Å². The van der Waals surface area contributed by atoms with E-state index in [1.165, 1.54) is 11.1 Å². The van der Waals surface area contributed by atoms with Crippen LogP contribution < -0.4 is 0 Å². The van der Waals surface area contributed by atoms with Crippen LogP contribution in [0.5, 0.6) is 0 Å². The third-order valence-corrected chi connectivity index (χ3v) is 4.85. The Hall–Kier alpha value is -2.58. The SMILES string of the molecule is Cc1cc2oc(-c3ccc(-c4ccccc4)cc3)nc2c(C)c1Cl. The number of rotatable bonds is 2. The zero-order chi connectivity index (χ0) is 16.7. The number of benzene rings is 3. The van der Waals surface area contributed by atoms with Crippen LogP contribution in [0.3, 0.4) is 0 Å². The van der Waals surface area contributed by atoms with E-state index in [1.54, 1.807) is 0 Å². The molecule has 0 spiro atoms. The summed E-state index contributed by atoms with van der Waals surface area (Å²) in [7, 11) is 0. The van der Waals surface area contributed by atoms with Crippen molar-refractivity contribution in [2.75, 3.05) is 0 Å². The smallest absolute Gasteiger partial charge is 0.227 e. The number of hydrogen-bond donors (Lipinski definition) is 0. The van der Waals surface area contributed by atoms with Crippen LogP contribution >= 0.6 is 11.6 Å². The van der Waals surface area contributed by atoms with E-state index in [-0.39, 0.29) is 0 Å². The molecule has 0 radical (unpaired) electrons. The molecule has 0 fully saturated rings. The van der Waals surface area contributed by atoms with Gasteiger partial charge >= 0.3 is 0 Å². The molecule has 1 heterocycles. The maximum atomic E-state index is 6.32. The molecular weight excluding hydrogens is 318 g/mol. The summed E-state index contributed by atoms with van der Waals surface area (Å²) in [5.41, 5.74) is 6.89. The number of oxazole rings is 1. The monoisotopic (exact) mass is 333 g/mol. The van der Waals surface area contributed by atoms with E-state index in [1.807, 2.05) is 50.2 Å². The van der Waals surface area contributed by atoms with Crippen molar-refractivity contribution in [2.24, 2.45) is 0 Å². The van der Waals surface area contributed by atoms with E-state index in [2.05, 4.69) is 29.2 Å². The van der Waals surface area contributed by atoms with Gasteiger partial charge in [-0.25, -0.2) is 4.98 Å². The Labute approximate surface area is 145 Å². The van der Waals surface area contributed by atoms with E-state index in [0.29, 0.717) is 5.89 Å². The third kappa shape index (κ3) is 2.49. The van der Waals surface area contributed by atoms with Crippen LogP contribution in [-0.2, 0) is 0 Å². The quantitative estimate of drug-likeness (QED) is 0.422. The van der Waals surface area contributed by atoms with Crippen molar-refractivity contribution in [3.63, 3.8) is 0 Å². The number of nitrogens with zero attached hydrogens (tertiary/aromatic N) is 1. The van der Waals surface area contributed by atoms with Crippen LogP contribution in [0.4, 0.5) is 0 Å². The summed E-state index contributed by atoms with van der Waals surface area (Å²) in [6, 6.07) is 20.5. The number of aromatic nitrogens is 1. The Balaban J connectivity index is 1.76. The topological polar surface area (TPSA) is 26.0 Å². The fourth-order valence-electron chi connectivity index (χ4n) is 2.92. The molecule has 1 aromatic heterocycles. The molecular formula is C21H16ClNO. The molecule has 0 aliphatic carbocycles. The van der Waals surface area contributed by atoms with Crippen molar-refractivity contribution in [3.8, 4) is 22.6 Å². The minimum atomic E-state index is 0.620. The Bertz CT molecular complexity index is 1020. The van der Waals surface area contributed by atoms with Gasteiger partial charge < -0.3 is 4.42 Å². The summed E-state index contributed by atoms with van der Waals surface area (Å²) in [6.07, 6.45) is 0. The first-order valence-corrected chi connectivity index (χ1v) is 8.23. The molecule has 0 atom stereocenters. The average molecular weight is 334 g/mol. The van der Waals surface area contributed by atoms with Gasteiger partial charge in [-0.1, -0.05) is 54.1 Å². The fourth-order valence-corrected chi connectivity index (χ4v) is 3.06. The first-order valence-electron chi connectivity index (χ1n) is 7.85. The highest BCUT2D eigenvalue weighted by molar-refractivity contribution is 6.33.